The normalized spacial score (nSPS) is 19.3. The first-order chi connectivity index (χ1) is 17.8. The highest BCUT2D eigenvalue weighted by Gasteiger charge is 2.58. The zero-order chi connectivity index (χ0) is 26.4. The van der Waals surface area contributed by atoms with Gasteiger partial charge in [-0.1, -0.05) is 73.2 Å². The average molecular weight is 518 g/mol. The van der Waals surface area contributed by atoms with Gasteiger partial charge in [-0.2, -0.15) is 0 Å². The maximum Gasteiger partial charge on any atom is 0.324 e. The van der Waals surface area contributed by atoms with E-state index >= 15 is 0 Å². The van der Waals surface area contributed by atoms with Crippen LogP contribution in [0.25, 0.3) is 10.9 Å². The minimum atomic E-state index is -4.19. The molecule has 1 aromatic heterocycles. The van der Waals surface area contributed by atoms with Gasteiger partial charge in [0.1, 0.15) is 11.3 Å². The SMILES string of the molecule is CCOC(=O)[C@H]1c2c(n(S(=O)(=O)c3ccc(C)cc3)c3ccccc23)OC(=O)[C@]1(CC)c1ccccc1. The molecule has 0 saturated carbocycles. The van der Waals surface area contributed by atoms with Gasteiger partial charge in [-0.3, -0.25) is 9.59 Å². The number of carbonyl (C=O) groups is 2. The molecule has 0 saturated heterocycles. The summed E-state index contributed by atoms with van der Waals surface area (Å²) in [5, 5.41) is 0.507. The lowest BCUT2D eigenvalue weighted by Gasteiger charge is -2.40. The molecule has 0 amide bonds. The summed E-state index contributed by atoms with van der Waals surface area (Å²) in [6.07, 6.45) is 0.239. The molecule has 1 aliphatic rings. The molecule has 0 radical (unpaired) electrons. The zero-order valence-corrected chi connectivity index (χ0v) is 21.6. The second-order valence-electron chi connectivity index (χ2n) is 9.08. The smallest absolute Gasteiger partial charge is 0.324 e. The van der Waals surface area contributed by atoms with Gasteiger partial charge in [-0.25, -0.2) is 12.4 Å². The Morgan fingerprint density at radius 1 is 0.973 bits per heavy atom. The summed E-state index contributed by atoms with van der Waals surface area (Å²) in [5.41, 5.74) is 0.751. The van der Waals surface area contributed by atoms with Gasteiger partial charge in [0, 0.05) is 10.9 Å². The number of hydrogen-bond donors (Lipinski definition) is 0. The number of fused-ring (bicyclic) bond motifs is 3. The van der Waals surface area contributed by atoms with E-state index in [2.05, 4.69) is 0 Å². The molecule has 1 aliphatic heterocycles. The third-order valence-corrected chi connectivity index (χ3v) is 8.80. The minimum Gasteiger partial charge on any atom is -0.465 e. The van der Waals surface area contributed by atoms with Crippen molar-refractivity contribution in [2.24, 2.45) is 0 Å². The average Bonchev–Trinajstić information content (AvgIpc) is 3.22. The Balaban J connectivity index is 1.88. The van der Waals surface area contributed by atoms with Crippen molar-refractivity contribution in [3.8, 4) is 5.88 Å². The van der Waals surface area contributed by atoms with Crippen LogP contribution in [-0.2, 0) is 29.8 Å². The summed E-state index contributed by atoms with van der Waals surface area (Å²) >= 11 is 0. The van der Waals surface area contributed by atoms with Crippen LogP contribution in [0.4, 0.5) is 0 Å². The van der Waals surface area contributed by atoms with Gasteiger partial charge in [0.15, 0.2) is 0 Å². The molecular weight excluding hydrogens is 490 g/mol. The van der Waals surface area contributed by atoms with Crippen molar-refractivity contribution >= 4 is 32.9 Å². The first-order valence-electron chi connectivity index (χ1n) is 12.2. The highest BCUT2D eigenvalue weighted by molar-refractivity contribution is 7.90. The van der Waals surface area contributed by atoms with Crippen LogP contribution in [0.1, 0.15) is 42.9 Å². The van der Waals surface area contributed by atoms with Crippen LogP contribution in [0.5, 0.6) is 5.88 Å². The molecule has 37 heavy (non-hydrogen) atoms. The Bertz CT molecular complexity index is 1610. The van der Waals surface area contributed by atoms with E-state index in [0.29, 0.717) is 22.0 Å². The Labute approximate surface area is 215 Å². The number of aryl methyl sites for hydroxylation is 1. The molecule has 0 N–H and O–H groups in total. The lowest BCUT2D eigenvalue weighted by Crippen LogP contribution is -2.50. The predicted octanol–water partition coefficient (Wildman–Crippen LogP) is 5.10. The number of esters is 2. The van der Waals surface area contributed by atoms with Gasteiger partial charge < -0.3 is 9.47 Å². The second kappa shape index (κ2) is 9.19. The number of nitrogens with zero attached hydrogens (tertiary/aromatic N) is 1. The molecule has 2 atom stereocenters. The summed E-state index contributed by atoms with van der Waals surface area (Å²) in [4.78, 5) is 27.6. The number of hydrogen-bond acceptors (Lipinski definition) is 6. The lowest BCUT2D eigenvalue weighted by molar-refractivity contribution is -0.156. The molecule has 0 spiro atoms. The van der Waals surface area contributed by atoms with Crippen molar-refractivity contribution in [1.29, 1.82) is 0 Å². The molecule has 4 aromatic rings. The van der Waals surface area contributed by atoms with Crippen molar-refractivity contribution in [1.82, 2.24) is 3.97 Å². The fraction of sp³-hybridized carbons (Fsp3) is 0.241. The van der Waals surface area contributed by atoms with E-state index in [9.17, 15) is 18.0 Å². The molecule has 8 heteroatoms. The Hall–Kier alpha value is -3.91. The van der Waals surface area contributed by atoms with E-state index in [1.165, 1.54) is 12.1 Å². The lowest BCUT2D eigenvalue weighted by atomic mass is 9.64. The Kier molecular flexibility index (Phi) is 6.15. The van der Waals surface area contributed by atoms with Crippen LogP contribution in [0.2, 0.25) is 0 Å². The summed E-state index contributed by atoms with van der Waals surface area (Å²) in [6.45, 7) is 5.48. The molecular formula is C29H27NO6S. The van der Waals surface area contributed by atoms with Crippen LogP contribution in [0.15, 0.2) is 83.8 Å². The third-order valence-electron chi connectivity index (χ3n) is 7.09. The zero-order valence-electron chi connectivity index (χ0n) is 20.8. The number of ether oxygens (including phenoxy) is 2. The van der Waals surface area contributed by atoms with Crippen LogP contribution in [-0.4, -0.2) is 30.9 Å². The number of benzene rings is 3. The van der Waals surface area contributed by atoms with E-state index < -0.39 is 33.3 Å². The van der Waals surface area contributed by atoms with Crippen molar-refractivity contribution in [2.45, 2.75) is 43.4 Å². The highest BCUT2D eigenvalue weighted by Crippen LogP contribution is 2.54. The highest BCUT2D eigenvalue weighted by atomic mass is 32.2. The fourth-order valence-corrected chi connectivity index (χ4v) is 6.77. The molecule has 2 heterocycles. The van der Waals surface area contributed by atoms with Gasteiger partial charge in [0.2, 0.25) is 5.88 Å². The maximum absolute atomic E-state index is 14.0. The predicted molar refractivity (Wildman–Crippen MR) is 139 cm³/mol. The summed E-state index contributed by atoms with van der Waals surface area (Å²) in [5.74, 6) is -2.60. The Morgan fingerprint density at radius 3 is 2.27 bits per heavy atom. The van der Waals surface area contributed by atoms with Gasteiger partial charge in [0.05, 0.1) is 17.0 Å². The van der Waals surface area contributed by atoms with Crippen LogP contribution >= 0.6 is 0 Å². The summed E-state index contributed by atoms with van der Waals surface area (Å²) in [6, 6.07) is 22.3. The van der Waals surface area contributed by atoms with Crippen molar-refractivity contribution in [2.75, 3.05) is 6.61 Å². The molecule has 5 rings (SSSR count). The molecule has 0 fully saturated rings. The van der Waals surface area contributed by atoms with Crippen molar-refractivity contribution < 1.29 is 27.5 Å². The van der Waals surface area contributed by atoms with Gasteiger partial charge >= 0.3 is 11.9 Å². The van der Waals surface area contributed by atoms with Crippen molar-refractivity contribution in [3.63, 3.8) is 0 Å². The second-order valence-corrected chi connectivity index (χ2v) is 10.9. The topological polar surface area (TPSA) is 91.7 Å². The monoisotopic (exact) mass is 517 g/mol. The number of aromatic nitrogens is 1. The van der Waals surface area contributed by atoms with E-state index in [4.69, 9.17) is 9.47 Å². The van der Waals surface area contributed by atoms with Crippen LogP contribution in [0, 0.1) is 6.92 Å². The van der Waals surface area contributed by atoms with Gasteiger partial charge in [0.25, 0.3) is 10.0 Å². The van der Waals surface area contributed by atoms with E-state index in [0.717, 1.165) is 9.54 Å². The van der Waals surface area contributed by atoms with E-state index in [1.54, 1.807) is 67.6 Å². The number of para-hydroxylation sites is 1. The van der Waals surface area contributed by atoms with Crippen LogP contribution < -0.4 is 4.74 Å². The minimum absolute atomic E-state index is 0.0424. The number of carbonyl (C=O) groups excluding carboxylic acids is 2. The first kappa shape index (κ1) is 24.8. The van der Waals surface area contributed by atoms with E-state index in [-0.39, 0.29) is 23.8 Å². The van der Waals surface area contributed by atoms with Crippen molar-refractivity contribution in [3.05, 3.63) is 95.6 Å². The molecule has 3 aromatic carbocycles. The summed E-state index contributed by atoms with van der Waals surface area (Å²) < 4.78 is 40.4. The largest absolute Gasteiger partial charge is 0.465 e. The molecule has 7 nitrogen and oxygen atoms in total. The maximum atomic E-state index is 14.0. The van der Waals surface area contributed by atoms with Crippen LogP contribution in [0.3, 0.4) is 0 Å². The first-order valence-corrected chi connectivity index (χ1v) is 13.6. The fourth-order valence-electron chi connectivity index (χ4n) is 5.30. The molecule has 0 aliphatic carbocycles. The summed E-state index contributed by atoms with van der Waals surface area (Å²) in [7, 11) is -4.19. The quantitative estimate of drug-likeness (QED) is 0.331. The van der Waals surface area contributed by atoms with Gasteiger partial charge in [-0.05, 0) is 44.0 Å². The standard InChI is InChI=1S/C29H27NO6S/c1-4-29(20-11-7-6-8-12-20)25(27(31)35-5-2)24-22-13-9-10-14-23(22)30(26(24)36-28(29)32)37(33,34)21-17-15-19(3)16-18-21/h6-18,25H,4-5H2,1-3H3/t25-,29-/m1/s1. The molecule has 0 unspecified atom stereocenters. The Morgan fingerprint density at radius 2 is 1.62 bits per heavy atom. The molecule has 0 bridgehead atoms. The third kappa shape index (κ3) is 3.66. The number of rotatable bonds is 6. The van der Waals surface area contributed by atoms with E-state index in [1.807, 2.05) is 19.9 Å². The van der Waals surface area contributed by atoms with Gasteiger partial charge in [-0.15, -0.1) is 0 Å². The molecule has 190 valence electrons.